The van der Waals surface area contributed by atoms with Crippen molar-refractivity contribution >= 4 is 7.69 Å². The minimum Gasteiger partial charge on any atom is -0.537 e. The van der Waals surface area contributed by atoms with Crippen LogP contribution in [0.2, 0.25) is 0 Å². The van der Waals surface area contributed by atoms with Crippen LogP contribution in [0.5, 0.6) is 17.2 Å². The second-order valence-corrected chi connectivity index (χ2v) is 2.24. The van der Waals surface area contributed by atoms with Crippen LogP contribution in [0.3, 0.4) is 0 Å². The van der Waals surface area contributed by atoms with E-state index in [2.05, 4.69) is 0 Å². The highest BCUT2D eigenvalue weighted by molar-refractivity contribution is 6.17. The summed E-state index contributed by atoms with van der Waals surface area (Å²) < 4.78 is 14.8. The fraction of sp³-hybridized carbons (Fsp3) is 0.250. The molecule has 13 heavy (non-hydrogen) atoms. The van der Waals surface area contributed by atoms with E-state index in [1.165, 1.54) is 7.11 Å². The Bertz CT molecular complexity index is 277. The van der Waals surface area contributed by atoms with Crippen molar-refractivity contribution < 1.29 is 19.2 Å². The summed E-state index contributed by atoms with van der Waals surface area (Å²) in [4.78, 5) is 0. The van der Waals surface area contributed by atoms with E-state index in [0.29, 0.717) is 24.9 Å². The fourth-order valence-electron chi connectivity index (χ4n) is 0.951. The minimum absolute atomic E-state index is 0.486. The summed E-state index contributed by atoms with van der Waals surface area (Å²) in [6, 6.07) is 4.97. The van der Waals surface area contributed by atoms with Crippen LogP contribution in [-0.2, 0) is 0 Å². The van der Waals surface area contributed by atoms with Crippen LogP contribution in [0.4, 0.5) is 0 Å². The summed E-state index contributed by atoms with van der Waals surface area (Å²) in [7, 11) is 3.70. The monoisotopic (exact) mass is 181 g/mol. The summed E-state index contributed by atoms with van der Waals surface area (Å²) in [5, 5.41) is 8.39. The lowest BCUT2D eigenvalue weighted by Crippen LogP contribution is -2.00. The molecule has 1 aromatic rings. The second kappa shape index (κ2) is 4.62. The van der Waals surface area contributed by atoms with Crippen molar-refractivity contribution in [3.8, 4) is 17.2 Å². The Morgan fingerprint density at radius 3 is 2.38 bits per heavy atom. The van der Waals surface area contributed by atoms with Crippen LogP contribution in [0.1, 0.15) is 0 Å². The van der Waals surface area contributed by atoms with E-state index in [9.17, 15) is 0 Å². The lowest BCUT2D eigenvalue weighted by Gasteiger charge is -2.08. The van der Waals surface area contributed by atoms with Crippen molar-refractivity contribution in [1.29, 1.82) is 0 Å². The third-order valence-corrected chi connectivity index (χ3v) is 1.54. The topological polar surface area (TPSA) is 47.9 Å². The van der Waals surface area contributed by atoms with Crippen LogP contribution >= 0.6 is 0 Å². The van der Waals surface area contributed by atoms with Gasteiger partial charge in [-0.3, -0.25) is 0 Å². The SMILES string of the molecule is COc1ccc(O[B]O)cc1OC. The Balaban J connectivity index is 2.91. The molecule has 0 spiro atoms. The van der Waals surface area contributed by atoms with Crippen LogP contribution in [-0.4, -0.2) is 26.9 Å². The first-order valence-corrected chi connectivity index (χ1v) is 3.66. The maximum Gasteiger partial charge on any atom is 0.569 e. The number of benzene rings is 1. The summed E-state index contributed by atoms with van der Waals surface area (Å²) in [6.07, 6.45) is 0. The maximum atomic E-state index is 8.39. The van der Waals surface area contributed by atoms with Crippen LogP contribution in [0, 0.1) is 0 Å². The highest BCUT2D eigenvalue weighted by Gasteiger charge is 2.04. The Labute approximate surface area is 77.4 Å². The molecule has 0 heterocycles. The Morgan fingerprint density at radius 2 is 1.85 bits per heavy atom. The highest BCUT2D eigenvalue weighted by Crippen LogP contribution is 2.30. The molecule has 0 fully saturated rings. The number of ether oxygens (including phenoxy) is 2. The highest BCUT2D eigenvalue weighted by atomic mass is 16.5. The lowest BCUT2D eigenvalue weighted by atomic mass is 10.3. The zero-order chi connectivity index (χ0) is 9.68. The molecular weight excluding hydrogens is 171 g/mol. The van der Waals surface area contributed by atoms with Gasteiger partial charge in [-0.15, -0.1) is 0 Å². The molecule has 0 amide bonds. The lowest BCUT2D eigenvalue weighted by molar-refractivity contribution is 0.352. The molecule has 1 radical (unpaired) electrons. The first kappa shape index (κ1) is 9.73. The van der Waals surface area contributed by atoms with Crippen molar-refractivity contribution in [3.63, 3.8) is 0 Å². The van der Waals surface area contributed by atoms with Gasteiger partial charge in [0.15, 0.2) is 11.5 Å². The molecule has 4 nitrogen and oxygen atoms in total. The van der Waals surface area contributed by atoms with Crippen molar-refractivity contribution in [2.75, 3.05) is 14.2 Å². The summed E-state index contributed by atoms with van der Waals surface area (Å²) in [5.74, 6) is 1.66. The molecule has 0 aliphatic heterocycles. The van der Waals surface area contributed by atoms with E-state index >= 15 is 0 Å². The van der Waals surface area contributed by atoms with E-state index in [1.54, 1.807) is 25.3 Å². The Hall–Kier alpha value is -1.36. The third-order valence-electron chi connectivity index (χ3n) is 1.54. The number of methoxy groups -OCH3 is 2. The Morgan fingerprint density at radius 1 is 1.15 bits per heavy atom. The first-order chi connectivity index (χ1) is 6.31. The smallest absolute Gasteiger partial charge is 0.537 e. The van der Waals surface area contributed by atoms with Gasteiger partial charge in [-0.2, -0.15) is 0 Å². The summed E-state index contributed by atoms with van der Waals surface area (Å²) in [5.41, 5.74) is 0. The predicted molar refractivity (Wildman–Crippen MR) is 48.1 cm³/mol. The molecule has 1 aromatic carbocycles. The molecule has 0 aliphatic rings. The van der Waals surface area contributed by atoms with Gasteiger partial charge >= 0.3 is 7.69 Å². The zero-order valence-electron chi connectivity index (χ0n) is 7.48. The van der Waals surface area contributed by atoms with E-state index in [1.807, 2.05) is 0 Å². The van der Waals surface area contributed by atoms with Crippen LogP contribution in [0.25, 0.3) is 0 Å². The first-order valence-electron chi connectivity index (χ1n) is 3.66. The van der Waals surface area contributed by atoms with Gasteiger partial charge in [0.2, 0.25) is 0 Å². The molecule has 1 rings (SSSR count). The largest absolute Gasteiger partial charge is 0.569 e. The van der Waals surface area contributed by atoms with Crippen molar-refractivity contribution in [2.45, 2.75) is 0 Å². The van der Waals surface area contributed by atoms with Gasteiger partial charge in [-0.1, -0.05) is 0 Å². The fourth-order valence-corrected chi connectivity index (χ4v) is 0.951. The van der Waals surface area contributed by atoms with Crippen LogP contribution in [0.15, 0.2) is 18.2 Å². The van der Waals surface area contributed by atoms with E-state index in [4.69, 9.17) is 19.2 Å². The molecule has 5 heteroatoms. The predicted octanol–water partition coefficient (Wildman–Crippen LogP) is 0.609. The standard InChI is InChI=1S/C8H10BO4/c1-11-7-4-3-6(13-9-10)5-8(7)12-2/h3-5,10H,1-2H3. The molecular formula is C8H10BO4. The summed E-state index contributed by atoms with van der Waals surface area (Å²) in [6.45, 7) is 0. The Kier molecular flexibility index (Phi) is 3.46. The summed E-state index contributed by atoms with van der Waals surface area (Å²) >= 11 is 0. The molecule has 0 aliphatic carbocycles. The third kappa shape index (κ3) is 2.29. The van der Waals surface area contributed by atoms with Gasteiger partial charge in [0.25, 0.3) is 0 Å². The molecule has 0 atom stereocenters. The molecule has 0 saturated carbocycles. The van der Waals surface area contributed by atoms with Gasteiger partial charge in [0, 0.05) is 6.07 Å². The molecule has 0 bridgehead atoms. The van der Waals surface area contributed by atoms with Gasteiger partial charge < -0.3 is 19.2 Å². The molecule has 69 valence electrons. The second-order valence-electron chi connectivity index (χ2n) is 2.24. The molecule has 0 unspecified atom stereocenters. The van der Waals surface area contributed by atoms with Crippen molar-refractivity contribution in [2.24, 2.45) is 0 Å². The quantitative estimate of drug-likeness (QED) is 0.691. The van der Waals surface area contributed by atoms with E-state index < -0.39 is 0 Å². The molecule has 1 N–H and O–H groups in total. The number of hydrogen-bond acceptors (Lipinski definition) is 4. The normalized spacial score (nSPS) is 9.15. The maximum absolute atomic E-state index is 8.39. The minimum atomic E-state index is 0.486. The number of rotatable bonds is 4. The van der Waals surface area contributed by atoms with E-state index in [-0.39, 0.29) is 0 Å². The number of hydrogen-bond donors (Lipinski definition) is 1. The molecule has 0 saturated heterocycles. The van der Waals surface area contributed by atoms with Gasteiger partial charge in [-0.05, 0) is 12.1 Å². The van der Waals surface area contributed by atoms with Crippen molar-refractivity contribution in [3.05, 3.63) is 18.2 Å². The van der Waals surface area contributed by atoms with Gasteiger partial charge in [0.1, 0.15) is 5.75 Å². The van der Waals surface area contributed by atoms with Gasteiger partial charge in [-0.25, -0.2) is 0 Å². The average Bonchev–Trinajstić information content (AvgIpc) is 2.18. The average molecular weight is 181 g/mol. The van der Waals surface area contributed by atoms with Crippen LogP contribution < -0.4 is 14.1 Å². The van der Waals surface area contributed by atoms with Gasteiger partial charge in [0.05, 0.1) is 14.2 Å². The molecule has 0 aromatic heterocycles. The zero-order valence-corrected chi connectivity index (χ0v) is 7.48. The van der Waals surface area contributed by atoms with Crippen molar-refractivity contribution in [1.82, 2.24) is 0 Å². The van der Waals surface area contributed by atoms with E-state index in [0.717, 1.165) is 0 Å².